The maximum Gasteiger partial charge on any atom is 0.227 e. The van der Waals surface area contributed by atoms with Gasteiger partial charge in [0.15, 0.2) is 5.58 Å². The molecule has 0 saturated heterocycles. The summed E-state index contributed by atoms with van der Waals surface area (Å²) in [5.74, 6) is 0.612. The normalized spacial score (nSPS) is 11.6. The molecule has 0 spiro atoms. The Hall–Kier alpha value is -8.21. The zero-order chi connectivity index (χ0) is 40.3. The van der Waals surface area contributed by atoms with Gasteiger partial charge in [0.05, 0.1) is 16.7 Å². The highest BCUT2D eigenvalue weighted by atomic mass is 16.3. The smallest absolute Gasteiger partial charge is 0.227 e. The van der Waals surface area contributed by atoms with Crippen molar-refractivity contribution in [2.24, 2.45) is 0 Å². The van der Waals surface area contributed by atoms with Crippen LogP contribution in [0.4, 0.5) is 17.1 Å². The molecule has 12 aromatic rings. The molecule has 0 bridgehead atoms. The summed E-state index contributed by atoms with van der Waals surface area (Å²) >= 11 is 0. The minimum absolute atomic E-state index is 0.612. The van der Waals surface area contributed by atoms with Gasteiger partial charge in [-0.05, 0) is 106 Å². The van der Waals surface area contributed by atoms with Gasteiger partial charge in [-0.25, -0.2) is 4.98 Å². The molecule has 0 aliphatic rings. The SMILES string of the molecule is c1ccc(-c2nc3cccc(-c4cccc(N(c5ccc(-c6ccc7ccccc7c6)cc5)c5cc6c(c7ccccc57)c5ccccc5n6-c5ccccc5)c4)c3o2)cc1. The monoisotopic (exact) mass is 779 g/mol. The maximum atomic E-state index is 6.55. The molecule has 12 rings (SSSR count). The summed E-state index contributed by atoms with van der Waals surface area (Å²) in [6.45, 7) is 0. The number of oxazole rings is 1. The molecule has 0 N–H and O–H groups in total. The Labute approximate surface area is 352 Å². The summed E-state index contributed by atoms with van der Waals surface area (Å²) in [7, 11) is 0. The number of hydrogen-bond acceptors (Lipinski definition) is 3. The van der Waals surface area contributed by atoms with E-state index in [9.17, 15) is 0 Å². The molecule has 4 nitrogen and oxygen atoms in total. The third kappa shape index (κ3) is 5.88. The Morgan fingerprint density at radius 1 is 0.410 bits per heavy atom. The van der Waals surface area contributed by atoms with Crippen LogP contribution in [0.15, 0.2) is 229 Å². The molecule has 2 heterocycles. The second kappa shape index (κ2) is 14.3. The van der Waals surface area contributed by atoms with Crippen molar-refractivity contribution in [3.63, 3.8) is 0 Å². The van der Waals surface area contributed by atoms with Crippen molar-refractivity contribution in [3.05, 3.63) is 224 Å². The van der Waals surface area contributed by atoms with E-state index < -0.39 is 0 Å². The van der Waals surface area contributed by atoms with Crippen LogP contribution >= 0.6 is 0 Å². The average Bonchev–Trinajstić information content (AvgIpc) is 3.92. The predicted molar refractivity (Wildman–Crippen MR) is 254 cm³/mol. The molecule has 0 fully saturated rings. The zero-order valence-electron chi connectivity index (χ0n) is 33.1. The van der Waals surface area contributed by atoms with Crippen molar-refractivity contribution >= 4 is 71.5 Å². The van der Waals surface area contributed by atoms with Crippen molar-refractivity contribution < 1.29 is 4.42 Å². The molecule has 2 aromatic heterocycles. The van der Waals surface area contributed by atoms with Crippen LogP contribution in [0.5, 0.6) is 0 Å². The van der Waals surface area contributed by atoms with Crippen LogP contribution in [-0.4, -0.2) is 9.55 Å². The van der Waals surface area contributed by atoms with E-state index in [1.807, 2.05) is 36.4 Å². The largest absolute Gasteiger partial charge is 0.435 e. The summed E-state index contributed by atoms with van der Waals surface area (Å²) in [6, 6.07) is 80.1. The van der Waals surface area contributed by atoms with E-state index in [1.165, 1.54) is 49.0 Å². The fourth-order valence-electron chi connectivity index (χ4n) is 9.14. The van der Waals surface area contributed by atoms with Crippen LogP contribution in [0.2, 0.25) is 0 Å². The first kappa shape index (κ1) is 34.8. The van der Waals surface area contributed by atoms with Crippen LogP contribution in [0, 0.1) is 0 Å². The number of nitrogens with zero attached hydrogens (tertiary/aromatic N) is 3. The second-order valence-corrected chi connectivity index (χ2v) is 15.6. The lowest BCUT2D eigenvalue weighted by molar-refractivity contribution is 0.621. The van der Waals surface area contributed by atoms with E-state index in [-0.39, 0.29) is 0 Å². The molecule has 4 heteroatoms. The number of fused-ring (bicyclic) bond motifs is 7. The summed E-state index contributed by atoms with van der Waals surface area (Å²) < 4.78 is 8.96. The lowest BCUT2D eigenvalue weighted by Gasteiger charge is -2.28. The fraction of sp³-hybridized carbons (Fsp3) is 0. The van der Waals surface area contributed by atoms with Crippen molar-refractivity contribution in [3.8, 4) is 39.4 Å². The summed E-state index contributed by atoms with van der Waals surface area (Å²) in [4.78, 5) is 7.32. The van der Waals surface area contributed by atoms with E-state index in [0.717, 1.165) is 56.1 Å². The highest BCUT2D eigenvalue weighted by molar-refractivity contribution is 6.24. The van der Waals surface area contributed by atoms with Gasteiger partial charge in [0.2, 0.25) is 5.89 Å². The first-order valence-electron chi connectivity index (χ1n) is 20.7. The maximum absolute atomic E-state index is 6.55. The van der Waals surface area contributed by atoms with Gasteiger partial charge < -0.3 is 13.9 Å². The van der Waals surface area contributed by atoms with E-state index in [2.05, 4.69) is 198 Å². The Morgan fingerprint density at radius 2 is 1.08 bits per heavy atom. The van der Waals surface area contributed by atoms with Crippen LogP contribution < -0.4 is 4.90 Å². The van der Waals surface area contributed by atoms with Crippen LogP contribution in [0.1, 0.15) is 0 Å². The lowest BCUT2D eigenvalue weighted by atomic mass is 9.98. The molecule has 0 atom stereocenters. The topological polar surface area (TPSA) is 34.2 Å². The average molecular weight is 780 g/mol. The van der Waals surface area contributed by atoms with Gasteiger partial charge in [-0.15, -0.1) is 0 Å². The molecule has 0 aliphatic heterocycles. The Balaban J connectivity index is 1.09. The minimum Gasteiger partial charge on any atom is -0.435 e. The number of anilines is 3. The Bertz CT molecular complexity index is 3590. The highest BCUT2D eigenvalue weighted by Gasteiger charge is 2.23. The highest BCUT2D eigenvalue weighted by Crippen LogP contribution is 2.46. The number of hydrogen-bond donors (Lipinski definition) is 0. The van der Waals surface area contributed by atoms with Gasteiger partial charge in [0.1, 0.15) is 5.52 Å². The van der Waals surface area contributed by atoms with Gasteiger partial charge in [0, 0.05) is 44.3 Å². The molecule has 10 aromatic carbocycles. The van der Waals surface area contributed by atoms with Gasteiger partial charge in [-0.3, -0.25) is 0 Å². The molecule has 0 unspecified atom stereocenters. The van der Waals surface area contributed by atoms with Crippen LogP contribution in [0.3, 0.4) is 0 Å². The molecular formula is C57H37N3O. The van der Waals surface area contributed by atoms with Crippen molar-refractivity contribution in [2.75, 3.05) is 4.90 Å². The van der Waals surface area contributed by atoms with Gasteiger partial charge in [0.25, 0.3) is 0 Å². The van der Waals surface area contributed by atoms with Crippen molar-refractivity contribution in [2.45, 2.75) is 0 Å². The Morgan fingerprint density at radius 3 is 1.92 bits per heavy atom. The molecular weight excluding hydrogens is 743 g/mol. The molecule has 286 valence electrons. The zero-order valence-corrected chi connectivity index (χ0v) is 33.1. The van der Waals surface area contributed by atoms with E-state index in [1.54, 1.807) is 0 Å². The number of benzene rings is 10. The third-order valence-electron chi connectivity index (χ3n) is 12.0. The second-order valence-electron chi connectivity index (χ2n) is 15.6. The molecule has 0 amide bonds. The third-order valence-corrected chi connectivity index (χ3v) is 12.0. The molecule has 0 aliphatic carbocycles. The van der Waals surface area contributed by atoms with E-state index >= 15 is 0 Å². The van der Waals surface area contributed by atoms with Gasteiger partial charge in [-0.1, -0.05) is 152 Å². The summed E-state index contributed by atoms with van der Waals surface area (Å²) in [5.41, 5.74) is 13.5. The molecule has 61 heavy (non-hydrogen) atoms. The van der Waals surface area contributed by atoms with Crippen molar-refractivity contribution in [1.29, 1.82) is 0 Å². The van der Waals surface area contributed by atoms with Crippen LogP contribution in [0.25, 0.3) is 93.8 Å². The van der Waals surface area contributed by atoms with Crippen LogP contribution in [-0.2, 0) is 0 Å². The minimum atomic E-state index is 0.612. The van der Waals surface area contributed by atoms with Gasteiger partial charge >= 0.3 is 0 Å². The number of rotatable bonds is 7. The van der Waals surface area contributed by atoms with Crippen molar-refractivity contribution in [1.82, 2.24) is 9.55 Å². The van der Waals surface area contributed by atoms with E-state index in [4.69, 9.17) is 9.40 Å². The number of para-hydroxylation sites is 3. The standard InChI is InChI=1S/C57H37N3O/c1-3-16-40(17-4-1)57-58-51-27-14-26-47(56(51)61-57)43-19-13-22-46(36-43)59(45-33-31-39(32-34-45)42-30-29-38-15-7-8-18-41(38)35-42)53-37-54-55(49-24-10-9-23-48(49)53)50-25-11-12-28-52(50)60(54)44-20-5-2-6-21-44/h1-37H. The lowest BCUT2D eigenvalue weighted by Crippen LogP contribution is -2.11. The van der Waals surface area contributed by atoms with E-state index in [0.29, 0.717) is 5.89 Å². The van der Waals surface area contributed by atoms with Gasteiger partial charge in [-0.2, -0.15) is 0 Å². The first-order chi connectivity index (χ1) is 30.2. The number of aromatic nitrogens is 2. The molecule has 0 radical (unpaired) electrons. The quantitative estimate of drug-likeness (QED) is 0.162. The fourth-order valence-corrected chi connectivity index (χ4v) is 9.14. The predicted octanol–water partition coefficient (Wildman–Crippen LogP) is 15.7. The summed E-state index contributed by atoms with van der Waals surface area (Å²) in [6.07, 6.45) is 0. The molecule has 0 saturated carbocycles. The Kier molecular flexibility index (Phi) is 8.13. The first-order valence-corrected chi connectivity index (χ1v) is 20.7. The summed E-state index contributed by atoms with van der Waals surface area (Å²) in [5, 5.41) is 7.31.